The first-order valence-corrected chi connectivity index (χ1v) is 10.1. The molecule has 0 spiro atoms. The van der Waals surface area contributed by atoms with E-state index in [4.69, 9.17) is 9.47 Å². The van der Waals surface area contributed by atoms with E-state index in [9.17, 15) is 9.59 Å². The van der Waals surface area contributed by atoms with Crippen LogP contribution >= 0.6 is 0 Å². The number of hydrogen-bond acceptors (Lipinski definition) is 5. The Morgan fingerprint density at radius 2 is 1.45 bits per heavy atom. The molecule has 0 bridgehead atoms. The summed E-state index contributed by atoms with van der Waals surface area (Å²) < 4.78 is 10.9. The van der Waals surface area contributed by atoms with Crippen molar-refractivity contribution in [3.8, 4) is 11.5 Å². The van der Waals surface area contributed by atoms with Crippen LogP contribution in [0.3, 0.4) is 0 Å². The minimum absolute atomic E-state index is 0.161. The fourth-order valence-corrected chi connectivity index (χ4v) is 4.68. The lowest BCUT2D eigenvalue weighted by Crippen LogP contribution is -2.53. The van der Waals surface area contributed by atoms with Crippen LogP contribution in [0, 0.1) is 13.8 Å². The number of aryl methyl sites for hydroxylation is 2. The van der Waals surface area contributed by atoms with E-state index in [1.54, 1.807) is 17.0 Å². The van der Waals surface area contributed by atoms with Gasteiger partial charge in [0.05, 0.1) is 31.2 Å². The van der Waals surface area contributed by atoms with Gasteiger partial charge in [0.2, 0.25) is 5.78 Å². The summed E-state index contributed by atoms with van der Waals surface area (Å²) in [7, 11) is 2.98. The fraction of sp³-hybridized carbons (Fsp3) is 0.200. The lowest BCUT2D eigenvalue weighted by atomic mass is 9.94. The number of carbonyl (C=O) groups is 2. The minimum atomic E-state index is -0.795. The standard InChI is InChI=1S/C25H22N2O4/c1-14-11-15(2)13-16(12-14)26-18-7-5-6-8-19(18)27-24(26)22(28)17-9-10-20(30-3)23(31-4)21(17)25(27)29/h5-13,24H,1-4H3. The molecule has 5 rings (SSSR count). The number of methoxy groups -OCH3 is 2. The molecule has 0 fully saturated rings. The second-order valence-corrected chi connectivity index (χ2v) is 7.84. The summed E-state index contributed by atoms with van der Waals surface area (Å²) in [4.78, 5) is 31.1. The molecule has 0 aromatic heterocycles. The Morgan fingerprint density at radius 3 is 2.06 bits per heavy atom. The number of ketones is 1. The number of benzene rings is 3. The molecule has 6 heteroatoms. The Hall–Kier alpha value is -3.80. The van der Waals surface area contributed by atoms with Gasteiger partial charge in [0.25, 0.3) is 5.91 Å². The zero-order chi connectivity index (χ0) is 21.9. The molecule has 2 heterocycles. The molecular weight excluding hydrogens is 392 g/mol. The first-order valence-electron chi connectivity index (χ1n) is 10.1. The van der Waals surface area contributed by atoms with Gasteiger partial charge in [-0.05, 0) is 61.4 Å². The number of rotatable bonds is 3. The number of para-hydroxylation sites is 2. The monoisotopic (exact) mass is 414 g/mol. The number of nitrogens with zero attached hydrogens (tertiary/aromatic N) is 2. The van der Waals surface area contributed by atoms with Crippen molar-refractivity contribution in [1.82, 2.24) is 0 Å². The average Bonchev–Trinajstić information content (AvgIpc) is 3.11. The number of amides is 1. The van der Waals surface area contributed by atoms with Gasteiger partial charge in [-0.1, -0.05) is 18.2 Å². The van der Waals surface area contributed by atoms with Crippen LogP contribution in [-0.2, 0) is 0 Å². The molecule has 1 amide bonds. The average molecular weight is 414 g/mol. The number of carbonyl (C=O) groups excluding carboxylic acids is 2. The van der Waals surface area contributed by atoms with Crippen LogP contribution in [0.5, 0.6) is 11.5 Å². The van der Waals surface area contributed by atoms with E-state index in [0.717, 1.165) is 22.5 Å². The van der Waals surface area contributed by atoms with E-state index < -0.39 is 6.17 Å². The predicted octanol–water partition coefficient (Wildman–Crippen LogP) is 4.64. The van der Waals surface area contributed by atoms with E-state index in [-0.39, 0.29) is 23.0 Å². The summed E-state index contributed by atoms with van der Waals surface area (Å²) in [5.41, 5.74) is 5.15. The maximum Gasteiger partial charge on any atom is 0.265 e. The van der Waals surface area contributed by atoms with Gasteiger partial charge in [-0.2, -0.15) is 0 Å². The smallest absolute Gasteiger partial charge is 0.265 e. The van der Waals surface area contributed by atoms with Crippen LogP contribution < -0.4 is 19.3 Å². The third kappa shape index (κ3) is 2.64. The first-order chi connectivity index (χ1) is 15.0. The summed E-state index contributed by atoms with van der Waals surface area (Å²) in [6, 6.07) is 17.1. The number of ether oxygens (including phenoxy) is 2. The van der Waals surface area contributed by atoms with Crippen LogP contribution in [0.25, 0.3) is 0 Å². The normalized spacial score (nSPS) is 16.7. The van der Waals surface area contributed by atoms with Crippen molar-refractivity contribution >= 4 is 28.8 Å². The van der Waals surface area contributed by atoms with Crippen molar-refractivity contribution in [1.29, 1.82) is 0 Å². The van der Waals surface area contributed by atoms with Gasteiger partial charge in [0.1, 0.15) is 0 Å². The van der Waals surface area contributed by atoms with E-state index in [0.29, 0.717) is 17.0 Å². The molecular formula is C25H22N2O4. The van der Waals surface area contributed by atoms with Crippen molar-refractivity contribution in [3.05, 3.63) is 76.9 Å². The Labute approximate surface area is 180 Å². The lowest BCUT2D eigenvalue weighted by molar-refractivity contribution is 0.0873. The maximum atomic E-state index is 13.8. The molecule has 0 aliphatic carbocycles. The van der Waals surface area contributed by atoms with Crippen LogP contribution in [-0.4, -0.2) is 32.1 Å². The Kier molecular flexibility index (Phi) is 4.25. The highest BCUT2D eigenvalue weighted by Crippen LogP contribution is 2.49. The van der Waals surface area contributed by atoms with Crippen LogP contribution in [0.15, 0.2) is 54.6 Å². The zero-order valence-corrected chi connectivity index (χ0v) is 17.8. The summed E-state index contributed by atoms with van der Waals surface area (Å²) in [5, 5.41) is 0. The summed E-state index contributed by atoms with van der Waals surface area (Å²) >= 11 is 0. The van der Waals surface area contributed by atoms with Gasteiger partial charge in [0, 0.05) is 11.3 Å². The van der Waals surface area contributed by atoms with Crippen molar-refractivity contribution < 1.29 is 19.1 Å². The Bertz CT molecular complexity index is 1230. The molecule has 2 aliphatic heterocycles. The summed E-state index contributed by atoms with van der Waals surface area (Å²) in [5.74, 6) is 0.249. The molecule has 1 atom stereocenters. The van der Waals surface area contributed by atoms with Crippen LogP contribution in [0.4, 0.5) is 17.1 Å². The molecule has 6 nitrogen and oxygen atoms in total. The first kappa shape index (κ1) is 19.2. The molecule has 0 saturated carbocycles. The van der Waals surface area contributed by atoms with Gasteiger partial charge >= 0.3 is 0 Å². The highest BCUT2D eigenvalue weighted by atomic mass is 16.5. The second-order valence-electron chi connectivity index (χ2n) is 7.84. The molecule has 0 saturated heterocycles. The van der Waals surface area contributed by atoms with Crippen molar-refractivity contribution in [2.24, 2.45) is 0 Å². The lowest BCUT2D eigenvalue weighted by Gasteiger charge is -2.35. The van der Waals surface area contributed by atoms with Crippen LogP contribution in [0.1, 0.15) is 31.8 Å². The molecule has 31 heavy (non-hydrogen) atoms. The number of Topliss-reactive ketones (excluding diaryl/α,β-unsaturated/α-hetero) is 1. The van der Waals surface area contributed by atoms with Gasteiger partial charge in [-0.15, -0.1) is 0 Å². The predicted molar refractivity (Wildman–Crippen MR) is 119 cm³/mol. The molecule has 1 unspecified atom stereocenters. The molecule has 156 valence electrons. The highest BCUT2D eigenvalue weighted by Gasteiger charge is 2.50. The quantitative estimate of drug-likeness (QED) is 0.625. The second kappa shape index (κ2) is 6.87. The highest BCUT2D eigenvalue weighted by molar-refractivity contribution is 6.27. The molecule has 2 aliphatic rings. The molecule has 3 aromatic rings. The van der Waals surface area contributed by atoms with Crippen molar-refractivity contribution in [2.45, 2.75) is 20.0 Å². The summed E-state index contributed by atoms with van der Waals surface area (Å²) in [6.07, 6.45) is -0.795. The number of fused-ring (bicyclic) bond motifs is 4. The van der Waals surface area contributed by atoms with Crippen molar-refractivity contribution in [2.75, 3.05) is 24.0 Å². The molecule has 0 N–H and O–H groups in total. The van der Waals surface area contributed by atoms with Gasteiger partial charge in [-0.3, -0.25) is 14.5 Å². The Balaban J connectivity index is 1.77. The van der Waals surface area contributed by atoms with Gasteiger partial charge < -0.3 is 14.4 Å². The topological polar surface area (TPSA) is 59.1 Å². The summed E-state index contributed by atoms with van der Waals surface area (Å²) in [6.45, 7) is 4.05. The van der Waals surface area contributed by atoms with E-state index in [1.807, 2.05) is 55.1 Å². The van der Waals surface area contributed by atoms with Gasteiger partial charge in [0.15, 0.2) is 17.7 Å². The number of anilines is 3. The largest absolute Gasteiger partial charge is 0.493 e. The minimum Gasteiger partial charge on any atom is -0.493 e. The zero-order valence-electron chi connectivity index (χ0n) is 17.8. The van der Waals surface area contributed by atoms with E-state index in [2.05, 4.69) is 6.07 Å². The Morgan fingerprint density at radius 1 is 0.806 bits per heavy atom. The number of hydrogen-bond donors (Lipinski definition) is 0. The molecule has 3 aromatic carbocycles. The fourth-order valence-electron chi connectivity index (χ4n) is 4.68. The van der Waals surface area contributed by atoms with Crippen molar-refractivity contribution in [3.63, 3.8) is 0 Å². The van der Waals surface area contributed by atoms with E-state index in [1.165, 1.54) is 14.2 Å². The maximum absolute atomic E-state index is 13.8. The molecule has 0 radical (unpaired) electrons. The van der Waals surface area contributed by atoms with Gasteiger partial charge in [-0.25, -0.2) is 0 Å². The third-order valence-corrected chi connectivity index (χ3v) is 5.85. The van der Waals surface area contributed by atoms with E-state index >= 15 is 0 Å². The SMILES string of the molecule is COc1ccc2c(c1OC)C(=O)N1c3ccccc3N(c3cc(C)cc(C)c3)C1C2=O. The van der Waals surface area contributed by atoms with Crippen LogP contribution in [0.2, 0.25) is 0 Å². The third-order valence-electron chi connectivity index (χ3n) is 5.85.